The lowest BCUT2D eigenvalue weighted by Gasteiger charge is -2.25. The SMILES string of the molecule is COCCNCCC(C)(O)c1cccc(OC)c1F. The van der Waals surface area contributed by atoms with Crippen molar-refractivity contribution in [3.63, 3.8) is 0 Å². The second-order valence-electron chi connectivity index (χ2n) is 4.59. The fourth-order valence-corrected chi connectivity index (χ4v) is 1.85. The number of benzene rings is 1. The van der Waals surface area contributed by atoms with Gasteiger partial charge in [-0.1, -0.05) is 12.1 Å². The summed E-state index contributed by atoms with van der Waals surface area (Å²) in [5.74, 6) is -0.364. The van der Waals surface area contributed by atoms with Crippen LogP contribution in [-0.4, -0.2) is 39.0 Å². The van der Waals surface area contributed by atoms with Crippen LogP contribution in [0, 0.1) is 5.82 Å². The quantitative estimate of drug-likeness (QED) is 0.706. The minimum absolute atomic E-state index is 0.144. The van der Waals surface area contributed by atoms with E-state index < -0.39 is 11.4 Å². The van der Waals surface area contributed by atoms with E-state index in [9.17, 15) is 9.50 Å². The largest absolute Gasteiger partial charge is 0.494 e. The van der Waals surface area contributed by atoms with Crippen LogP contribution in [0.25, 0.3) is 0 Å². The zero-order valence-electron chi connectivity index (χ0n) is 11.7. The first-order chi connectivity index (χ1) is 9.03. The molecular formula is C14H22FNO3. The van der Waals surface area contributed by atoms with Gasteiger partial charge in [0.25, 0.3) is 0 Å². The Balaban J connectivity index is 2.66. The highest BCUT2D eigenvalue weighted by Crippen LogP contribution is 2.30. The second kappa shape index (κ2) is 7.43. The lowest BCUT2D eigenvalue weighted by molar-refractivity contribution is 0.0434. The van der Waals surface area contributed by atoms with E-state index in [0.29, 0.717) is 26.1 Å². The summed E-state index contributed by atoms with van der Waals surface area (Å²) in [5, 5.41) is 13.5. The van der Waals surface area contributed by atoms with Gasteiger partial charge in [-0.25, -0.2) is 4.39 Å². The average Bonchev–Trinajstić information content (AvgIpc) is 2.38. The molecule has 1 aromatic rings. The van der Waals surface area contributed by atoms with Crippen LogP contribution in [-0.2, 0) is 10.3 Å². The summed E-state index contributed by atoms with van der Waals surface area (Å²) in [7, 11) is 3.03. The van der Waals surface area contributed by atoms with E-state index in [1.165, 1.54) is 13.2 Å². The third kappa shape index (κ3) is 4.45. The molecule has 0 heterocycles. The fraction of sp³-hybridized carbons (Fsp3) is 0.571. The van der Waals surface area contributed by atoms with Crippen LogP contribution in [0.3, 0.4) is 0 Å². The molecule has 0 saturated carbocycles. The minimum atomic E-state index is -1.24. The molecule has 0 radical (unpaired) electrons. The zero-order valence-corrected chi connectivity index (χ0v) is 11.7. The predicted octanol–water partition coefficient (Wildman–Crippen LogP) is 1.67. The van der Waals surface area contributed by atoms with Crippen LogP contribution in [0.1, 0.15) is 18.9 Å². The van der Waals surface area contributed by atoms with Gasteiger partial charge in [-0.05, 0) is 26.0 Å². The molecular weight excluding hydrogens is 249 g/mol. The molecule has 1 rings (SSSR count). The van der Waals surface area contributed by atoms with Crippen molar-refractivity contribution in [3.8, 4) is 5.75 Å². The first-order valence-electron chi connectivity index (χ1n) is 6.28. The van der Waals surface area contributed by atoms with Crippen LogP contribution in [0.2, 0.25) is 0 Å². The topological polar surface area (TPSA) is 50.7 Å². The van der Waals surface area contributed by atoms with Gasteiger partial charge in [0.2, 0.25) is 0 Å². The van der Waals surface area contributed by atoms with E-state index in [4.69, 9.17) is 9.47 Å². The normalized spacial score (nSPS) is 14.2. The van der Waals surface area contributed by atoms with Crippen LogP contribution in [0.15, 0.2) is 18.2 Å². The average molecular weight is 271 g/mol. The second-order valence-corrected chi connectivity index (χ2v) is 4.59. The van der Waals surface area contributed by atoms with Crippen molar-refractivity contribution in [2.24, 2.45) is 0 Å². The van der Waals surface area contributed by atoms with Crippen molar-refractivity contribution in [2.75, 3.05) is 33.9 Å². The highest BCUT2D eigenvalue weighted by Gasteiger charge is 2.27. The molecule has 1 unspecified atom stereocenters. The molecule has 0 aromatic heterocycles. The summed E-state index contributed by atoms with van der Waals surface area (Å²) in [4.78, 5) is 0. The molecule has 0 spiro atoms. The molecule has 0 fully saturated rings. The number of methoxy groups -OCH3 is 2. The Morgan fingerprint density at radius 2 is 2.05 bits per heavy atom. The van der Waals surface area contributed by atoms with Crippen LogP contribution in [0.5, 0.6) is 5.75 Å². The molecule has 1 atom stereocenters. The highest BCUT2D eigenvalue weighted by atomic mass is 19.1. The highest BCUT2D eigenvalue weighted by molar-refractivity contribution is 5.34. The molecule has 1 aromatic carbocycles. The van der Waals surface area contributed by atoms with Crippen molar-refractivity contribution < 1.29 is 19.0 Å². The van der Waals surface area contributed by atoms with E-state index in [0.717, 1.165) is 0 Å². The van der Waals surface area contributed by atoms with Crippen molar-refractivity contribution in [3.05, 3.63) is 29.6 Å². The Morgan fingerprint density at radius 1 is 1.32 bits per heavy atom. The summed E-state index contributed by atoms with van der Waals surface area (Å²) < 4.78 is 23.9. The van der Waals surface area contributed by atoms with Crippen molar-refractivity contribution in [1.82, 2.24) is 5.32 Å². The van der Waals surface area contributed by atoms with Crippen LogP contribution < -0.4 is 10.1 Å². The molecule has 0 saturated heterocycles. The van der Waals surface area contributed by atoms with Crippen molar-refractivity contribution >= 4 is 0 Å². The maximum atomic E-state index is 14.1. The van der Waals surface area contributed by atoms with Gasteiger partial charge in [-0.2, -0.15) is 0 Å². The fourth-order valence-electron chi connectivity index (χ4n) is 1.85. The molecule has 0 amide bonds. The minimum Gasteiger partial charge on any atom is -0.494 e. The molecule has 108 valence electrons. The smallest absolute Gasteiger partial charge is 0.171 e. The van der Waals surface area contributed by atoms with Crippen molar-refractivity contribution in [2.45, 2.75) is 18.9 Å². The number of aliphatic hydroxyl groups is 1. The molecule has 0 aliphatic rings. The number of hydrogen-bond donors (Lipinski definition) is 2. The van der Waals surface area contributed by atoms with Gasteiger partial charge in [-0.15, -0.1) is 0 Å². The number of nitrogens with one attached hydrogen (secondary N) is 1. The van der Waals surface area contributed by atoms with E-state index in [1.807, 2.05) is 0 Å². The summed E-state index contributed by atoms with van der Waals surface area (Å²) >= 11 is 0. The molecule has 4 nitrogen and oxygen atoms in total. The van der Waals surface area contributed by atoms with Crippen LogP contribution >= 0.6 is 0 Å². The predicted molar refractivity (Wildman–Crippen MR) is 71.9 cm³/mol. The lowest BCUT2D eigenvalue weighted by atomic mass is 9.92. The van der Waals surface area contributed by atoms with Crippen LogP contribution in [0.4, 0.5) is 4.39 Å². The molecule has 5 heteroatoms. The Bertz CT molecular complexity index is 396. The molecule has 19 heavy (non-hydrogen) atoms. The Labute approximate surface area is 113 Å². The van der Waals surface area contributed by atoms with E-state index in [2.05, 4.69) is 5.32 Å². The summed E-state index contributed by atoms with van der Waals surface area (Å²) in [6.07, 6.45) is 0.404. The van der Waals surface area contributed by atoms with Gasteiger partial charge >= 0.3 is 0 Å². The molecule has 2 N–H and O–H groups in total. The molecule has 0 bridgehead atoms. The van der Waals surface area contributed by atoms with Gasteiger partial charge in [0.1, 0.15) is 0 Å². The van der Waals surface area contributed by atoms with Crippen molar-refractivity contribution in [1.29, 1.82) is 0 Å². The standard InChI is InChI=1S/C14H22FNO3/c1-14(17,7-8-16-9-10-18-2)11-5-4-6-12(19-3)13(11)15/h4-6,16-17H,7-10H2,1-3H3. The maximum Gasteiger partial charge on any atom is 0.171 e. The summed E-state index contributed by atoms with van der Waals surface area (Å²) in [5.41, 5.74) is -0.987. The first kappa shape index (κ1) is 15.9. The number of rotatable bonds is 8. The van der Waals surface area contributed by atoms with E-state index in [-0.39, 0.29) is 11.3 Å². The monoisotopic (exact) mass is 271 g/mol. The third-order valence-electron chi connectivity index (χ3n) is 3.03. The Kier molecular flexibility index (Phi) is 6.21. The lowest BCUT2D eigenvalue weighted by Crippen LogP contribution is -2.30. The van der Waals surface area contributed by atoms with E-state index >= 15 is 0 Å². The third-order valence-corrected chi connectivity index (χ3v) is 3.03. The van der Waals surface area contributed by atoms with Gasteiger partial charge in [0.15, 0.2) is 11.6 Å². The number of ether oxygens (including phenoxy) is 2. The first-order valence-corrected chi connectivity index (χ1v) is 6.28. The maximum absolute atomic E-state index is 14.1. The van der Waals surface area contributed by atoms with Gasteiger partial charge < -0.3 is 19.9 Å². The van der Waals surface area contributed by atoms with Gasteiger partial charge in [-0.3, -0.25) is 0 Å². The number of halogens is 1. The Hall–Kier alpha value is -1.17. The zero-order chi connectivity index (χ0) is 14.3. The van der Waals surface area contributed by atoms with Gasteiger partial charge in [0, 0.05) is 19.2 Å². The van der Waals surface area contributed by atoms with E-state index in [1.54, 1.807) is 26.2 Å². The molecule has 0 aliphatic heterocycles. The number of hydrogen-bond acceptors (Lipinski definition) is 4. The molecule has 0 aliphatic carbocycles. The van der Waals surface area contributed by atoms with Gasteiger partial charge in [0.05, 0.1) is 19.3 Å². The summed E-state index contributed by atoms with van der Waals surface area (Å²) in [6.45, 7) is 3.48. The summed E-state index contributed by atoms with van der Waals surface area (Å²) in [6, 6.07) is 4.78. The Morgan fingerprint density at radius 3 is 2.68 bits per heavy atom.